The van der Waals surface area contributed by atoms with Crippen molar-refractivity contribution in [3.05, 3.63) is 54.3 Å². The normalized spacial score (nSPS) is 15.4. The molecule has 11 heteroatoms. The molecule has 1 N–H and O–H groups in total. The van der Waals surface area contributed by atoms with E-state index in [-0.39, 0.29) is 11.4 Å². The molecule has 1 aromatic carbocycles. The van der Waals surface area contributed by atoms with Gasteiger partial charge in [0.1, 0.15) is 0 Å². The number of piperidine rings is 1. The Morgan fingerprint density at radius 2 is 1.85 bits per heavy atom. The summed E-state index contributed by atoms with van der Waals surface area (Å²) in [6.07, 6.45) is 2.36. The summed E-state index contributed by atoms with van der Waals surface area (Å²) in [7, 11) is 2.07. The van der Waals surface area contributed by atoms with Crippen LogP contribution in [-0.4, -0.2) is 44.3 Å². The van der Waals surface area contributed by atoms with E-state index in [0.29, 0.717) is 11.9 Å². The zero-order valence-corrected chi connectivity index (χ0v) is 18.6. The Morgan fingerprint density at radius 3 is 2.56 bits per heavy atom. The number of aryl methyl sites for hydroxylation is 1. The minimum atomic E-state index is -4.68. The maximum Gasteiger partial charge on any atom is 0.471 e. The fourth-order valence-electron chi connectivity index (χ4n) is 4.37. The highest BCUT2D eigenvalue weighted by Crippen LogP contribution is 2.29. The Kier molecular flexibility index (Phi) is 5.94. The van der Waals surface area contributed by atoms with E-state index in [2.05, 4.69) is 76.9 Å². The highest BCUT2D eigenvalue weighted by Gasteiger charge is 2.38. The molecular formula is C23H24F3N7O. The largest absolute Gasteiger partial charge is 0.471 e. The molecular weight excluding hydrogens is 447 g/mol. The minimum Gasteiger partial charge on any atom is -0.350 e. The van der Waals surface area contributed by atoms with Gasteiger partial charge in [-0.25, -0.2) is 9.97 Å². The standard InChI is InChI=1S/C23H24F3N7O/c1-32-14-17(18-4-2-3-5-19(18)32)11-27-10-15-6-8-33(9-7-15)22-28-12-16(13-29-22)20-30-21(34-31-20)23(24,25)26/h2-5,12-15,27H,6-11H2,1H3. The summed E-state index contributed by atoms with van der Waals surface area (Å²) in [5, 5.41) is 8.25. The molecule has 1 aliphatic heterocycles. The van der Waals surface area contributed by atoms with Gasteiger partial charge < -0.3 is 19.3 Å². The molecule has 3 aromatic heterocycles. The summed E-state index contributed by atoms with van der Waals surface area (Å²) in [6, 6.07) is 8.41. The summed E-state index contributed by atoms with van der Waals surface area (Å²) < 4.78 is 44.4. The zero-order valence-electron chi connectivity index (χ0n) is 18.6. The zero-order chi connectivity index (χ0) is 23.7. The fourth-order valence-corrected chi connectivity index (χ4v) is 4.37. The molecule has 8 nitrogen and oxygen atoms in total. The first-order valence-corrected chi connectivity index (χ1v) is 11.1. The molecule has 0 radical (unpaired) electrons. The van der Waals surface area contributed by atoms with E-state index in [0.717, 1.165) is 39.0 Å². The van der Waals surface area contributed by atoms with Crippen LogP contribution in [-0.2, 0) is 19.8 Å². The van der Waals surface area contributed by atoms with Crippen molar-refractivity contribution < 1.29 is 17.7 Å². The lowest BCUT2D eigenvalue weighted by atomic mass is 9.97. The highest BCUT2D eigenvalue weighted by molar-refractivity contribution is 5.83. The molecule has 4 heterocycles. The van der Waals surface area contributed by atoms with Gasteiger partial charge in [0.15, 0.2) is 0 Å². The van der Waals surface area contributed by atoms with Crippen molar-refractivity contribution >= 4 is 16.9 Å². The van der Waals surface area contributed by atoms with Crippen LogP contribution in [0.5, 0.6) is 0 Å². The number of hydrogen-bond donors (Lipinski definition) is 1. The number of aromatic nitrogens is 5. The van der Waals surface area contributed by atoms with Crippen LogP contribution in [0.25, 0.3) is 22.3 Å². The lowest BCUT2D eigenvalue weighted by Crippen LogP contribution is -2.38. The molecule has 1 fully saturated rings. The third-order valence-corrected chi connectivity index (χ3v) is 6.19. The van der Waals surface area contributed by atoms with Crippen LogP contribution in [0.4, 0.5) is 19.1 Å². The van der Waals surface area contributed by atoms with Crippen LogP contribution in [0, 0.1) is 5.92 Å². The molecule has 5 rings (SSSR count). The average Bonchev–Trinajstić information content (AvgIpc) is 3.46. The van der Waals surface area contributed by atoms with Gasteiger partial charge >= 0.3 is 12.1 Å². The molecule has 0 unspecified atom stereocenters. The number of hydrogen-bond acceptors (Lipinski definition) is 7. The quantitative estimate of drug-likeness (QED) is 0.454. The smallest absolute Gasteiger partial charge is 0.350 e. The van der Waals surface area contributed by atoms with E-state index >= 15 is 0 Å². The second-order valence-electron chi connectivity index (χ2n) is 8.54. The van der Waals surface area contributed by atoms with Gasteiger partial charge in [0.05, 0.1) is 5.56 Å². The lowest BCUT2D eigenvalue weighted by molar-refractivity contribution is -0.159. The van der Waals surface area contributed by atoms with Crippen molar-refractivity contribution in [1.29, 1.82) is 0 Å². The van der Waals surface area contributed by atoms with Crippen LogP contribution in [0.1, 0.15) is 24.3 Å². The number of halogens is 3. The first-order valence-electron chi connectivity index (χ1n) is 11.1. The summed E-state index contributed by atoms with van der Waals surface area (Å²) in [6.45, 7) is 3.41. The number of nitrogens with zero attached hydrogens (tertiary/aromatic N) is 6. The number of alkyl halides is 3. The van der Waals surface area contributed by atoms with Gasteiger partial charge in [0, 0.05) is 56.2 Å². The van der Waals surface area contributed by atoms with E-state index in [1.165, 1.54) is 28.9 Å². The Labute approximate surface area is 193 Å². The number of rotatable bonds is 6. The Balaban J connectivity index is 1.12. The minimum absolute atomic E-state index is 0.185. The first-order chi connectivity index (χ1) is 16.4. The summed E-state index contributed by atoms with van der Waals surface area (Å²) in [4.78, 5) is 14.1. The SMILES string of the molecule is Cn1cc(CNCC2CCN(c3ncc(-c4noc(C(F)(F)F)n4)cn3)CC2)c2ccccc21. The average molecular weight is 471 g/mol. The molecule has 0 spiro atoms. The molecule has 178 valence electrons. The van der Waals surface area contributed by atoms with Crippen molar-refractivity contribution in [2.24, 2.45) is 13.0 Å². The predicted octanol–water partition coefficient (Wildman–Crippen LogP) is 4.04. The number of para-hydroxylation sites is 1. The van der Waals surface area contributed by atoms with Crippen molar-refractivity contribution in [1.82, 2.24) is 30.0 Å². The van der Waals surface area contributed by atoms with Gasteiger partial charge in [0.25, 0.3) is 0 Å². The second-order valence-corrected chi connectivity index (χ2v) is 8.54. The van der Waals surface area contributed by atoms with Crippen molar-refractivity contribution in [3.63, 3.8) is 0 Å². The van der Waals surface area contributed by atoms with E-state index in [1.807, 2.05) is 0 Å². The van der Waals surface area contributed by atoms with Crippen molar-refractivity contribution in [2.45, 2.75) is 25.6 Å². The molecule has 1 aliphatic rings. The fraction of sp³-hybridized carbons (Fsp3) is 0.391. The Bertz CT molecular complexity index is 1260. The van der Waals surface area contributed by atoms with Crippen LogP contribution in [0.15, 0.2) is 47.4 Å². The first kappa shape index (κ1) is 22.3. The van der Waals surface area contributed by atoms with Crippen LogP contribution < -0.4 is 10.2 Å². The Morgan fingerprint density at radius 1 is 1.12 bits per heavy atom. The van der Waals surface area contributed by atoms with E-state index < -0.39 is 12.1 Å². The van der Waals surface area contributed by atoms with E-state index in [1.54, 1.807) is 0 Å². The summed E-state index contributed by atoms with van der Waals surface area (Å²) in [5.41, 5.74) is 2.81. The van der Waals surface area contributed by atoms with Crippen molar-refractivity contribution in [3.8, 4) is 11.4 Å². The van der Waals surface area contributed by atoms with Gasteiger partial charge in [-0.05, 0) is 36.9 Å². The van der Waals surface area contributed by atoms with Gasteiger partial charge in [-0.3, -0.25) is 0 Å². The molecule has 34 heavy (non-hydrogen) atoms. The van der Waals surface area contributed by atoms with E-state index in [9.17, 15) is 13.2 Å². The number of benzene rings is 1. The molecule has 4 aromatic rings. The Hall–Kier alpha value is -3.47. The van der Waals surface area contributed by atoms with Crippen molar-refractivity contribution in [2.75, 3.05) is 24.5 Å². The van der Waals surface area contributed by atoms with Gasteiger partial charge in [-0.2, -0.15) is 18.2 Å². The molecule has 0 atom stereocenters. The van der Waals surface area contributed by atoms with Gasteiger partial charge in [-0.1, -0.05) is 23.4 Å². The van der Waals surface area contributed by atoms with Gasteiger partial charge in [0.2, 0.25) is 11.8 Å². The molecule has 0 amide bonds. The molecule has 0 aliphatic carbocycles. The second kappa shape index (κ2) is 9.05. The monoisotopic (exact) mass is 471 g/mol. The molecule has 1 saturated heterocycles. The number of fused-ring (bicyclic) bond motifs is 1. The van der Waals surface area contributed by atoms with E-state index in [4.69, 9.17) is 0 Å². The maximum atomic E-state index is 12.6. The molecule has 0 saturated carbocycles. The highest BCUT2D eigenvalue weighted by atomic mass is 19.4. The summed E-state index contributed by atoms with van der Waals surface area (Å²) in [5.74, 6) is -0.464. The van der Waals surface area contributed by atoms with Crippen LogP contribution in [0.3, 0.4) is 0 Å². The maximum absolute atomic E-state index is 12.6. The molecule has 0 bridgehead atoms. The third kappa shape index (κ3) is 4.60. The van der Waals surface area contributed by atoms with Gasteiger partial charge in [-0.15, -0.1) is 0 Å². The van der Waals surface area contributed by atoms with Crippen LogP contribution >= 0.6 is 0 Å². The number of nitrogens with one attached hydrogen (secondary N) is 1. The third-order valence-electron chi connectivity index (χ3n) is 6.19. The lowest BCUT2D eigenvalue weighted by Gasteiger charge is -2.32. The van der Waals surface area contributed by atoms with Crippen LogP contribution in [0.2, 0.25) is 0 Å². The topological polar surface area (TPSA) is 84.9 Å². The number of anilines is 1. The summed E-state index contributed by atoms with van der Waals surface area (Å²) >= 11 is 0. The predicted molar refractivity (Wildman–Crippen MR) is 120 cm³/mol.